The molecule has 0 aliphatic rings. The highest BCUT2D eigenvalue weighted by atomic mass is 19.4. The van der Waals surface area contributed by atoms with Crippen LogP contribution in [0.1, 0.15) is 30.9 Å². The molecule has 0 radical (unpaired) electrons. The molecule has 18 heavy (non-hydrogen) atoms. The predicted molar refractivity (Wildman–Crippen MR) is 64.6 cm³/mol. The van der Waals surface area contributed by atoms with Crippen molar-refractivity contribution < 1.29 is 17.9 Å². The Morgan fingerprint density at radius 1 is 1.22 bits per heavy atom. The third kappa shape index (κ3) is 4.22. The fraction of sp³-hybridized carbons (Fsp3) is 0.538. The van der Waals surface area contributed by atoms with Crippen molar-refractivity contribution in [1.82, 2.24) is 0 Å². The van der Waals surface area contributed by atoms with Crippen molar-refractivity contribution in [2.45, 2.75) is 32.4 Å². The van der Waals surface area contributed by atoms with Crippen LogP contribution in [0.3, 0.4) is 0 Å². The Bertz CT molecular complexity index is 377. The molecule has 5 heteroatoms. The van der Waals surface area contributed by atoms with E-state index in [1.807, 2.05) is 0 Å². The maximum absolute atomic E-state index is 12.6. The van der Waals surface area contributed by atoms with Gasteiger partial charge in [0.15, 0.2) is 0 Å². The number of aryl methyl sites for hydroxylation is 1. The van der Waals surface area contributed by atoms with E-state index in [4.69, 9.17) is 10.5 Å². The highest BCUT2D eigenvalue weighted by molar-refractivity contribution is 5.38. The van der Waals surface area contributed by atoms with E-state index < -0.39 is 11.7 Å². The van der Waals surface area contributed by atoms with Crippen LogP contribution in [-0.2, 0) is 12.6 Å². The van der Waals surface area contributed by atoms with Gasteiger partial charge in [0.1, 0.15) is 5.75 Å². The van der Waals surface area contributed by atoms with Crippen LogP contribution in [0.15, 0.2) is 18.2 Å². The van der Waals surface area contributed by atoms with Gasteiger partial charge in [-0.25, -0.2) is 0 Å². The Kier molecular flexibility index (Phi) is 5.47. The monoisotopic (exact) mass is 261 g/mol. The van der Waals surface area contributed by atoms with E-state index in [1.54, 1.807) is 6.92 Å². The Labute approximate surface area is 105 Å². The molecule has 0 spiro atoms. The second kappa shape index (κ2) is 6.64. The lowest BCUT2D eigenvalue weighted by Crippen LogP contribution is -2.07. The van der Waals surface area contributed by atoms with E-state index >= 15 is 0 Å². The van der Waals surface area contributed by atoms with Gasteiger partial charge >= 0.3 is 6.18 Å². The lowest BCUT2D eigenvalue weighted by molar-refractivity contribution is -0.137. The zero-order chi connectivity index (χ0) is 13.6. The first-order valence-electron chi connectivity index (χ1n) is 6.02. The van der Waals surface area contributed by atoms with Crippen LogP contribution in [-0.4, -0.2) is 13.2 Å². The molecule has 0 saturated carbocycles. The second-order valence-electron chi connectivity index (χ2n) is 4.00. The third-order valence-corrected chi connectivity index (χ3v) is 2.59. The number of benzene rings is 1. The van der Waals surface area contributed by atoms with Crippen molar-refractivity contribution in [3.05, 3.63) is 29.3 Å². The summed E-state index contributed by atoms with van der Waals surface area (Å²) < 4.78 is 43.2. The van der Waals surface area contributed by atoms with Crippen molar-refractivity contribution >= 4 is 0 Å². The van der Waals surface area contributed by atoms with Gasteiger partial charge in [0.2, 0.25) is 0 Å². The molecule has 0 aromatic heterocycles. The van der Waals surface area contributed by atoms with E-state index in [0.29, 0.717) is 30.9 Å². The summed E-state index contributed by atoms with van der Waals surface area (Å²) in [4.78, 5) is 0. The summed E-state index contributed by atoms with van der Waals surface area (Å²) in [7, 11) is 0. The van der Waals surface area contributed by atoms with Crippen LogP contribution in [0.4, 0.5) is 13.2 Å². The minimum Gasteiger partial charge on any atom is -0.494 e. The van der Waals surface area contributed by atoms with Gasteiger partial charge in [-0.05, 0) is 56.5 Å². The normalized spacial score (nSPS) is 11.6. The highest BCUT2D eigenvalue weighted by Crippen LogP contribution is 2.33. The zero-order valence-electron chi connectivity index (χ0n) is 10.4. The van der Waals surface area contributed by atoms with Crippen LogP contribution in [0, 0.1) is 0 Å². The van der Waals surface area contributed by atoms with E-state index in [-0.39, 0.29) is 0 Å². The summed E-state index contributed by atoms with van der Waals surface area (Å²) in [5.74, 6) is 0.530. The molecule has 0 amide bonds. The Morgan fingerprint density at radius 2 is 1.94 bits per heavy atom. The topological polar surface area (TPSA) is 35.2 Å². The largest absolute Gasteiger partial charge is 0.494 e. The van der Waals surface area contributed by atoms with Crippen LogP contribution in [0.5, 0.6) is 5.75 Å². The molecule has 0 saturated heterocycles. The molecule has 1 aromatic carbocycles. The molecule has 0 heterocycles. The minimum atomic E-state index is -4.31. The van der Waals surface area contributed by atoms with Crippen molar-refractivity contribution in [3.63, 3.8) is 0 Å². The van der Waals surface area contributed by atoms with E-state index in [9.17, 15) is 13.2 Å². The average molecular weight is 261 g/mol. The number of alkyl halides is 3. The third-order valence-electron chi connectivity index (χ3n) is 2.59. The maximum atomic E-state index is 12.6. The molecule has 0 atom stereocenters. The first-order chi connectivity index (χ1) is 8.49. The molecular formula is C13H18F3NO. The summed E-state index contributed by atoms with van der Waals surface area (Å²) in [6, 6.07) is 3.61. The van der Waals surface area contributed by atoms with Gasteiger partial charge in [0, 0.05) is 0 Å². The Hall–Kier alpha value is -1.23. The molecule has 0 aliphatic heterocycles. The van der Waals surface area contributed by atoms with E-state index in [2.05, 4.69) is 0 Å². The predicted octanol–water partition coefficient (Wildman–Crippen LogP) is 3.39. The molecule has 0 bridgehead atoms. The fourth-order valence-corrected chi connectivity index (χ4v) is 1.71. The van der Waals surface area contributed by atoms with Crippen LogP contribution in [0.25, 0.3) is 0 Å². The fourth-order valence-electron chi connectivity index (χ4n) is 1.71. The number of ether oxygens (including phenoxy) is 1. The second-order valence-corrected chi connectivity index (χ2v) is 4.00. The number of nitrogens with two attached hydrogens (primary N) is 1. The van der Waals surface area contributed by atoms with Crippen molar-refractivity contribution in [2.75, 3.05) is 13.2 Å². The minimum absolute atomic E-state index is 0.440. The summed E-state index contributed by atoms with van der Waals surface area (Å²) >= 11 is 0. The molecule has 0 aliphatic carbocycles. The molecule has 2 N–H and O–H groups in total. The molecule has 2 nitrogen and oxygen atoms in total. The zero-order valence-corrected chi connectivity index (χ0v) is 10.4. The van der Waals surface area contributed by atoms with Gasteiger partial charge in [-0.2, -0.15) is 13.2 Å². The number of unbranched alkanes of at least 4 members (excludes halogenated alkanes) is 1. The van der Waals surface area contributed by atoms with Gasteiger partial charge in [-0.3, -0.25) is 0 Å². The van der Waals surface area contributed by atoms with Crippen molar-refractivity contribution in [1.29, 1.82) is 0 Å². The molecular weight excluding hydrogens is 243 g/mol. The molecule has 102 valence electrons. The van der Waals surface area contributed by atoms with Gasteiger partial charge < -0.3 is 10.5 Å². The van der Waals surface area contributed by atoms with Crippen molar-refractivity contribution in [2.24, 2.45) is 5.73 Å². The summed E-state index contributed by atoms with van der Waals surface area (Å²) in [5, 5.41) is 0. The number of halogens is 3. The lowest BCUT2D eigenvalue weighted by Gasteiger charge is -2.13. The maximum Gasteiger partial charge on any atom is 0.416 e. The summed E-state index contributed by atoms with van der Waals surface area (Å²) in [6.45, 7) is 2.79. The standard InChI is InChI=1S/C13H18F3NO/c1-2-18-12-7-6-11(13(14,15)16)9-10(12)5-3-4-8-17/h6-7,9H,2-5,8,17H2,1H3. The first kappa shape index (κ1) is 14.8. The smallest absolute Gasteiger partial charge is 0.416 e. The number of hydrogen-bond acceptors (Lipinski definition) is 2. The van der Waals surface area contributed by atoms with Crippen LogP contribution in [0.2, 0.25) is 0 Å². The van der Waals surface area contributed by atoms with E-state index in [0.717, 1.165) is 18.9 Å². The number of hydrogen-bond donors (Lipinski definition) is 1. The average Bonchev–Trinajstić information content (AvgIpc) is 2.30. The summed E-state index contributed by atoms with van der Waals surface area (Å²) in [5.41, 5.74) is 5.34. The van der Waals surface area contributed by atoms with Gasteiger partial charge in [0.25, 0.3) is 0 Å². The lowest BCUT2D eigenvalue weighted by atomic mass is 10.0. The highest BCUT2D eigenvalue weighted by Gasteiger charge is 2.31. The quantitative estimate of drug-likeness (QED) is 0.797. The van der Waals surface area contributed by atoms with Gasteiger partial charge in [-0.1, -0.05) is 0 Å². The van der Waals surface area contributed by atoms with Crippen LogP contribution >= 0.6 is 0 Å². The van der Waals surface area contributed by atoms with Gasteiger partial charge in [0.05, 0.1) is 12.2 Å². The molecule has 0 unspecified atom stereocenters. The van der Waals surface area contributed by atoms with E-state index in [1.165, 1.54) is 12.1 Å². The Balaban J connectivity index is 2.92. The molecule has 0 fully saturated rings. The first-order valence-corrected chi connectivity index (χ1v) is 6.02. The van der Waals surface area contributed by atoms with Crippen LogP contribution < -0.4 is 10.5 Å². The van der Waals surface area contributed by atoms with Gasteiger partial charge in [-0.15, -0.1) is 0 Å². The SMILES string of the molecule is CCOc1ccc(C(F)(F)F)cc1CCCCN. The molecule has 1 rings (SSSR count). The summed E-state index contributed by atoms with van der Waals surface area (Å²) in [6.07, 6.45) is -2.20. The Morgan fingerprint density at radius 3 is 2.50 bits per heavy atom. The van der Waals surface area contributed by atoms with Crippen molar-refractivity contribution in [3.8, 4) is 5.75 Å². The molecule has 1 aromatic rings. The number of rotatable bonds is 6.